The molecule has 0 aliphatic rings. The van der Waals surface area contributed by atoms with Gasteiger partial charge >= 0.3 is 5.63 Å². The molecule has 74 valence electrons. The van der Waals surface area contributed by atoms with E-state index in [9.17, 15) is 4.79 Å². The highest BCUT2D eigenvalue weighted by molar-refractivity contribution is 5.80. The van der Waals surface area contributed by atoms with Crippen molar-refractivity contribution in [3.05, 3.63) is 47.0 Å². The van der Waals surface area contributed by atoms with Crippen molar-refractivity contribution in [2.45, 2.75) is 20.3 Å². The van der Waals surface area contributed by atoms with Crippen LogP contribution in [0.3, 0.4) is 0 Å². The van der Waals surface area contributed by atoms with Crippen molar-refractivity contribution in [2.75, 3.05) is 0 Å². The van der Waals surface area contributed by atoms with E-state index in [0.29, 0.717) is 5.39 Å². The second-order valence-corrected chi connectivity index (χ2v) is 3.00. The zero-order valence-electron chi connectivity index (χ0n) is 8.49. The predicted molar refractivity (Wildman–Crippen MR) is 58.4 cm³/mol. The van der Waals surface area contributed by atoms with E-state index in [4.69, 9.17) is 0 Å². The maximum atomic E-state index is 11.0. The minimum atomic E-state index is -0.275. The molecular formula is C12H14O2. The number of benzene rings is 1. The Bertz CT molecular complexity index is 438. The first-order chi connectivity index (χ1) is 6.79. The van der Waals surface area contributed by atoms with Gasteiger partial charge in [-0.05, 0) is 17.5 Å². The highest BCUT2D eigenvalue weighted by atomic mass is 16.4. The maximum absolute atomic E-state index is 11.0. The van der Waals surface area contributed by atoms with Gasteiger partial charge in [-0.25, -0.2) is 4.79 Å². The third-order valence-electron chi connectivity index (χ3n) is 1.60. The van der Waals surface area contributed by atoms with Crippen LogP contribution in [-0.4, -0.2) is 0 Å². The summed E-state index contributed by atoms with van der Waals surface area (Å²) in [5.41, 5.74) is -0.275. The Labute approximate surface area is 83.2 Å². The van der Waals surface area contributed by atoms with Crippen LogP contribution < -0.4 is 5.63 Å². The van der Waals surface area contributed by atoms with Gasteiger partial charge in [-0.2, -0.15) is 0 Å². The molecule has 0 saturated carbocycles. The molecule has 0 radical (unpaired) electrons. The van der Waals surface area contributed by atoms with Crippen molar-refractivity contribution in [1.29, 1.82) is 0 Å². The molecule has 0 fully saturated rings. The third-order valence-corrected chi connectivity index (χ3v) is 1.60. The number of hydrogen-bond donors (Lipinski definition) is 0. The van der Waals surface area contributed by atoms with Gasteiger partial charge in [-0.1, -0.05) is 38.5 Å². The molecule has 1 aromatic heterocycles. The van der Waals surface area contributed by atoms with Crippen LogP contribution in [0.2, 0.25) is 0 Å². The second kappa shape index (κ2) is 5.22. The molecule has 0 unspecified atom stereocenters. The van der Waals surface area contributed by atoms with Crippen LogP contribution in [0.1, 0.15) is 20.3 Å². The van der Waals surface area contributed by atoms with Crippen molar-refractivity contribution >= 4 is 10.8 Å². The van der Waals surface area contributed by atoms with Gasteiger partial charge in [0, 0.05) is 0 Å². The van der Waals surface area contributed by atoms with Crippen LogP contribution in [0, 0.1) is 0 Å². The van der Waals surface area contributed by atoms with Gasteiger partial charge in [-0.15, -0.1) is 0 Å². The first-order valence-corrected chi connectivity index (χ1v) is 4.76. The fourth-order valence-electron chi connectivity index (χ4n) is 1.06. The normalized spacial score (nSPS) is 9.29. The Hall–Kier alpha value is -1.57. The molecule has 0 N–H and O–H groups in total. The highest BCUT2D eigenvalue weighted by Gasteiger charge is 1.94. The Morgan fingerprint density at radius 2 is 1.79 bits per heavy atom. The van der Waals surface area contributed by atoms with E-state index in [0.717, 1.165) is 5.39 Å². The molecule has 0 atom stereocenters. The van der Waals surface area contributed by atoms with Crippen molar-refractivity contribution in [1.82, 2.24) is 0 Å². The average molecular weight is 190 g/mol. The van der Waals surface area contributed by atoms with Crippen LogP contribution in [0.4, 0.5) is 0 Å². The first-order valence-electron chi connectivity index (χ1n) is 4.76. The zero-order valence-corrected chi connectivity index (χ0v) is 8.49. The molecule has 1 aromatic carbocycles. The topological polar surface area (TPSA) is 30.2 Å². The zero-order chi connectivity index (χ0) is 10.4. The lowest BCUT2D eigenvalue weighted by atomic mass is 10.2. The van der Waals surface area contributed by atoms with Gasteiger partial charge in [-0.3, -0.25) is 0 Å². The molecule has 2 aromatic rings. The highest BCUT2D eigenvalue weighted by Crippen LogP contribution is 2.06. The molecule has 2 heteroatoms. The van der Waals surface area contributed by atoms with Gasteiger partial charge in [0.1, 0.15) is 0 Å². The van der Waals surface area contributed by atoms with Crippen LogP contribution in [0.5, 0.6) is 0 Å². The van der Waals surface area contributed by atoms with Gasteiger partial charge < -0.3 is 4.42 Å². The van der Waals surface area contributed by atoms with E-state index in [-0.39, 0.29) is 5.63 Å². The molecule has 1 heterocycles. The van der Waals surface area contributed by atoms with Crippen LogP contribution in [0.15, 0.2) is 45.8 Å². The summed E-state index contributed by atoms with van der Waals surface area (Å²) >= 11 is 0. The van der Waals surface area contributed by atoms with E-state index >= 15 is 0 Å². The minimum absolute atomic E-state index is 0.275. The molecule has 0 aliphatic carbocycles. The van der Waals surface area contributed by atoms with E-state index in [2.05, 4.69) is 18.3 Å². The summed E-state index contributed by atoms with van der Waals surface area (Å²) in [5.74, 6) is 0. The third kappa shape index (κ3) is 2.46. The Morgan fingerprint density at radius 1 is 1.14 bits per heavy atom. The molecule has 2 nitrogen and oxygen atoms in total. The lowest BCUT2D eigenvalue weighted by Gasteiger charge is -1.91. The SMILES string of the molecule is CCC.O=c1occc2ccccc12. The Kier molecular flexibility index (Phi) is 3.92. The van der Waals surface area contributed by atoms with E-state index in [1.165, 1.54) is 12.7 Å². The fraction of sp³-hybridized carbons (Fsp3) is 0.250. The number of rotatable bonds is 0. The predicted octanol–water partition coefficient (Wildman–Crippen LogP) is 3.21. The molecule has 2 rings (SSSR count). The van der Waals surface area contributed by atoms with Crippen molar-refractivity contribution in [3.63, 3.8) is 0 Å². The largest absolute Gasteiger partial charge is 0.431 e. The molecule has 0 saturated heterocycles. The van der Waals surface area contributed by atoms with E-state index in [1.54, 1.807) is 12.1 Å². The standard InChI is InChI=1S/C9H6O2.C3H8/c10-9-8-4-2-1-3-7(8)5-6-11-9;1-3-2/h1-6H;3H2,1-2H3. The summed E-state index contributed by atoms with van der Waals surface area (Å²) in [7, 11) is 0. The molecule has 14 heavy (non-hydrogen) atoms. The van der Waals surface area contributed by atoms with Gasteiger partial charge in [0.2, 0.25) is 0 Å². The molecule has 0 bridgehead atoms. The Morgan fingerprint density at radius 3 is 2.43 bits per heavy atom. The molecular weight excluding hydrogens is 176 g/mol. The monoisotopic (exact) mass is 190 g/mol. The van der Waals surface area contributed by atoms with Crippen molar-refractivity contribution < 1.29 is 4.42 Å². The average Bonchev–Trinajstić information content (AvgIpc) is 2.20. The van der Waals surface area contributed by atoms with Crippen LogP contribution >= 0.6 is 0 Å². The first kappa shape index (κ1) is 10.5. The second-order valence-electron chi connectivity index (χ2n) is 3.00. The number of hydrogen-bond acceptors (Lipinski definition) is 2. The van der Waals surface area contributed by atoms with E-state index in [1.807, 2.05) is 18.2 Å². The quantitative estimate of drug-likeness (QED) is 0.638. The summed E-state index contributed by atoms with van der Waals surface area (Å²) in [6, 6.07) is 9.12. The summed E-state index contributed by atoms with van der Waals surface area (Å²) < 4.78 is 4.68. The van der Waals surface area contributed by atoms with Gasteiger partial charge in [0.05, 0.1) is 11.6 Å². The fourth-order valence-corrected chi connectivity index (χ4v) is 1.06. The maximum Gasteiger partial charge on any atom is 0.343 e. The van der Waals surface area contributed by atoms with Crippen molar-refractivity contribution in [3.8, 4) is 0 Å². The van der Waals surface area contributed by atoms with Crippen LogP contribution in [0.25, 0.3) is 10.8 Å². The molecule has 0 aliphatic heterocycles. The number of fused-ring (bicyclic) bond motifs is 1. The molecule has 0 amide bonds. The van der Waals surface area contributed by atoms with Crippen LogP contribution in [-0.2, 0) is 0 Å². The summed E-state index contributed by atoms with van der Waals surface area (Å²) in [6.45, 7) is 4.25. The Balaban J connectivity index is 0.000000293. The van der Waals surface area contributed by atoms with E-state index < -0.39 is 0 Å². The lowest BCUT2D eigenvalue weighted by molar-refractivity contribution is 0.519. The molecule has 0 spiro atoms. The van der Waals surface area contributed by atoms with Gasteiger partial charge in [0.15, 0.2) is 0 Å². The summed E-state index contributed by atoms with van der Waals surface area (Å²) in [5, 5.41) is 1.55. The lowest BCUT2D eigenvalue weighted by Crippen LogP contribution is -1.96. The summed E-state index contributed by atoms with van der Waals surface area (Å²) in [4.78, 5) is 11.0. The minimum Gasteiger partial charge on any atom is -0.431 e. The van der Waals surface area contributed by atoms with Gasteiger partial charge in [0.25, 0.3) is 0 Å². The van der Waals surface area contributed by atoms with Crippen molar-refractivity contribution in [2.24, 2.45) is 0 Å². The smallest absolute Gasteiger partial charge is 0.343 e. The summed E-state index contributed by atoms with van der Waals surface area (Å²) in [6.07, 6.45) is 2.66.